The first kappa shape index (κ1) is 47.1. The van der Waals surface area contributed by atoms with Gasteiger partial charge in [-0.3, -0.25) is 24.0 Å². The molecule has 1 aliphatic heterocycles. The number of benzene rings is 4. The van der Waals surface area contributed by atoms with Crippen molar-refractivity contribution in [3.05, 3.63) is 107 Å². The number of nitrogens with two attached hydrogens (primary N) is 2. The number of nitriles is 1. The van der Waals surface area contributed by atoms with Gasteiger partial charge in [0.15, 0.2) is 17.3 Å². The number of carbonyl (C=O) groups excluding carboxylic acids is 5. The molecule has 0 aromatic heterocycles. The van der Waals surface area contributed by atoms with Crippen LogP contribution in [0.5, 0.6) is 11.5 Å². The Kier molecular flexibility index (Phi) is 16.9. The molecular formula is C48H54ClN5O8. The number of Topliss-reactive ketones (excluding diaryl/α,β-unsaturated/α-hetero) is 3. The number of ketones is 3. The van der Waals surface area contributed by atoms with Crippen LogP contribution in [0.15, 0.2) is 84.9 Å². The fraction of sp³-hybridized carbons (Fsp3) is 0.375. The van der Waals surface area contributed by atoms with Crippen molar-refractivity contribution in [2.24, 2.45) is 23.3 Å². The number of phenols is 1. The highest BCUT2D eigenvalue weighted by Gasteiger charge is 2.36. The molecule has 2 amide bonds. The van der Waals surface area contributed by atoms with Gasteiger partial charge in [0.25, 0.3) is 0 Å². The van der Waals surface area contributed by atoms with Crippen LogP contribution in [0.2, 0.25) is 5.02 Å². The molecule has 326 valence electrons. The third kappa shape index (κ3) is 12.1. The third-order valence-corrected chi connectivity index (χ3v) is 11.4. The molecule has 4 bridgehead atoms. The van der Waals surface area contributed by atoms with Gasteiger partial charge in [0, 0.05) is 72.8 Å². The molecule has 62 heavy (non-hydrogen) atoms. The molecule has 0 spiro atoms. The second-order valence-electron chi connectivity index (χ2n) is 15.8. The lowest BCUT2D eigenvalue weighted by atomic mass is 9.87. The summed E-state index contributed by atoms with van der Waals surface area (Å²) in [4.78, 5) is 71.6. The molecule has 0 saturated carbocycles. The van der Waals surface area contributed by atoms with Crippen LogP contribution in [0, 0.1) is 23.2 Å². The zero-order valence-corrected chi connectivity index (χ0v) is 35.8. The summed E-state index contributed by atoms with van der Waals surface area (Å²) in [5.41, 5.74) is 15.2. The number of phenolic OH excluding ortho intramolecular Hbond substituents is 1. The molecule has 14 heteroatoms. The maximum absolute atomic E-state index is 14.7. The molecule has 0 radical (unpaired) electrons. The minimum absolute atomic E-state index is 0.0301. The monoisotopic (exact) mass is 863 g/mol. The molecule has 1 unspecified atom stereocenters. The van der Waals surface area contributed by atoms with E-state index in [0.29, 0.717) is 53.1 Å². The summed E-state index contributed by atoms with van der Waals surface area (Å²) in [6.45, 7) is 1.68. The lowest BCUT2D eigenvalue weighted by Crippen LogP contribution is -2.45. The molecule has 1 aliphatic rings. The van der Waals surface area contributed by atoms with E-state index in [1.54, 1.807) is 61.5 Å². The van der Waals surface area contributed by atoms with Crippen LogP contribution in [0.25, 0.3) is 22.3 Å². The van der Waals surface area contributed by atoms with Crippen molar-refractivity contribution < 1.29 is 38.9 Å². The number of rotatable bonds is 17. The van der Waals surface area contributed by atoms with E-state index in [1.165, 1.54) is 18.0 Å². The number of unbranched alkanes of at least 4 members (excludes halogenated alkanes) is 1. The molecule has 4 aromatic carbocycles. The van der Waals surface area contributed by atoms with Gasteiger partial charge in [-0.2, -0.15) is 5.26 Å². The third-order valence-electron chi connectivity index (χ3n) is 11.2. The number of amides is 2. The fourth-order valence-corrected chi connectivity index (χ4v) is 7.74. The second-order valence-corrected chi connectivity index (χ2v) is 16.2. The lowest BCUT2D eigenvalue weighted by molar-refractivity contribution is -0.142. The normalized spacial score (nSPS) is 17.5. The second kappa shape index (κ2) is 22.3. The van der Waals surface area contributed by atoms with Crippen LogP contribution < -0.4 is 21.5 Å². The number of carbonyl (C=O) groups is 5. The Morgan fingerprint density at radius 3 is 2.31 bits per heavy atom. The van der Waals surface area contributed by atoms with E-state index in [0.717, 1.165) is 11.1 Å². The van der Waals surface area contributed by atoms with Gasteiger partial charge in [0.1, 0.15) is 30.3 Å². The van der Waals surface area contributed by atoms with Gasteiger partial charge in [0.05, 0.1) is 12.1 Å². The topological polar surface area (TPSA) is 226 Å². The van der Waals surface area contributed by atoms with Gasteiger partial charge in [0.2, 0.25) is 11.8 Å². The van der Waals surface area contributed by atoms with Gasteiger partial charge in [-0.05, 0) is 84.5 Å². The maximum Gasteiger partial charge on any atom is 0.226 e. The van der Waals surface area contributed by atoms with Crippen molar-refractivity contribution >= 4 is 40.8 Å². The predicted molar refractivity (Wildman–Crippen MR) is 236 cm³/mol. The Bertz CT molecular complexity index is 2280. The molecule has 7 N–H and O–H groups in total. The Hall–Kier alpha value is -5.91. The SMILES string of the molecule is C[C@@H]1CC(=O)[C@@H](N(C)C(=O)[C@H](CCCCN)CC(=O)c2ccc(-c3ccc(Cl)cc3)cc2)c2ccc(OCC(O)CN)c(c2)-c2cc(ccc2O)C[C@@H](C(=O)CCC#N)NC1=O. The number of nitrogens with one attached hydrogen (secondary N) is 1. The summed E-state index contributed by atoms with van der Waals surface area (Å²) in [6, 6.07) is 23.6. The van der Waals surface area contributed by atoms with Crippen molar-refractivity contribution in [3.8, 4) is 39.8 Å². The van der Waals surface area contributed by atoms with E-state index < -0.39 is 47.6 Å². The maximum atomic E-state index is 14.7. The van der Waals surface area contributed by atoms with Crippen molar-refractivity contribution in [1.29, 1.82) is 5.26 Å². The molecule has 0 saturated heterocycles. The van der Waals surface area contributed by atoms with E-state index in [-0.39, 0.29) is 73.9 Å². The quantitative estimate of drug-likeness (QED) is 0.0602. The molecule has 1 heterocycles. The molecule has 4 aromatic rings. The number of aliphatic hydroxyl groups is 1. The molecule has 13 nitrogen and oxygen atoms in total. The lowest BCUT2D eigenvalue weighted by Gasteiger charge is -2.32. The number of nitrogens with zero attached hydrogens (tertiary/aromatic N) is 2. The molecule has 0 aliphatic carbocycles. The number of fused-ring (bicyclic) bond motifs is 5. The smallest absolute Gasteiger partial charge is 0.226 e. The number of halogens is 1. The Morgan fingerprint density at radius 1 is 0.952 bits per heavy atom. The first-order valence-corrected chi connectivity index (χ1v) is 21.2. The van der Waals surface area contributed by atoms with Crippen LogP contribution in [0.1, 0.15) is 79.4 Å². The molecule has 0 fully saturated rings. The van der Waals surface area contributed by atoms with E-state index >= 15 is 0 Å². The van der Waals surface area contributed by atoms with Gasteiger partial charge < -0.3 is 36.6 Å². The van der Waals surface area contributed by atoms with E-state index in [9.17, 15) is 39.4 Å². The average molecular weight is 864 g/mol. The van der Waals surface area contributed by atoms with Gasteiger partial charge in [-0.25, -0.2) is 0 Å². The van der Waals surface area contributed by atoms with Crippen LogP contribution >= 0.6 is 11.6 Å². The van der Waals surface area contributed by atoms with Gasteiger partial charge >= 0.3 is 0 Å². The standard InChI is InChI=1S/C48H54ClN5O8/c1-29-22-44(59)46(54(2)48(61)35(6-3-4-20-50)26-43(58)33-11-9-31(10-12-33)32-13-16-36(49)17-14-32)34-15-19-45(62-28-37(55)27-52)39(25-34)38-23-30(8-18-41(38)56)24-40(53-47(29)60)42(57)7-5-21-51/h8-19,23,25,29,35,37,40,46,55-56H,3-7,20,22,24,26-28,50,52H2,1-2H3,(H,53,60)/t29-,35-,37?,40+,46+/m1/s1. The zero-order valence-electron chi connectivity index (χ0n) is 35.0. The van der Waals surface area contributed by atoms with Crippen molar-refractivity contribution in [2.75, 3.05) is 26.7 Å². The minimum Gasteiger partial charge on any atom is -0.507 e. The van der Waals surface area contributed by atoms with Gasteiger partial charge in [-0.15, -0.1) is 0 Å². The first-order valence-electron chi connectivity index (χ1n) is 20.8. The van der Waals surface area contributed by atoms with Gasteiger partial charge in [-0.1, -0.05) is 73.5 Å². The van der Waals surface area contributed by atoms with E-state index in [4.69, 9.17) is 27.8 Å². The number of aromatic hydroxyl groups is 1. The molecule has 5 rings (SSSR count). The van der Waals surface area contributed by atoms with E-state index in [2.05, 4.69) is 5.32 Å². The summed E-state index contributed by atoms with van der Waals surface area (Å²) < 4.78 is 6.01. The van der Waals surface area contributed by atoms with Crippen LogP contribution in [0.4, 0.5) is 0 Å². The molecular weight excluding hydrogens is 810 g/mol. The van der Waals surface area contributed by atoms with Crippen molar-refractivity contribution in [1.82, 2.24) is 10.2 Å². The number of aliphatic hydroxyl groups excluding tert-OH is 1. The Morgan fingerprint density at radius 2 is 1.65 bits per heavy atom. The molecule has 5 atom stereocenters. The summed E-state index contributed by atoms with van der Waals surface area (Å²) in [7, 11) is 1.49. The Balaban J connectivity index is 1.56. The van der Waals surface area contributed by atoms with Crippen molar-refractivity contribution in [3.63, 3.8) is 0 Å². The number of ether oxygens (including phenoxy) is 1. The summed E-state index contributed by atoms with van der Waals surface area (Å²) >= 11 is 6.06. The summed E-state index contributed by atoms with van der Waals surface area (Å²) in [6.07, 6.45) is -0.133. The van der Waals surface area contributed by atoms with Crippen LogP contribution in [-0.4, -0.2) is 83.2 Å². The fourth-order valence-electron chi connectivity index (χ4n) is 7.61. The first-order chi connectivity index (χ1) is 29.7. The highest BCUT2D eigenvalue weighted by Crippen LogP contribution is 2.40. The summed E-state index contributed by atoms with van der Waals surface area (Å²) in [5, 5.41) is 34.1. The Labute approximate surface area is 367 Å². The number of likely N-dealkylation sites (N-methyl/N-ethyl adjacent to an activating group) is 1. The average Bonchev–Trinajstić information content (AvgIpc) is 3.27. The number of hydrogen-bond acceptors (Lipinski definition) is 11. The summed E-state index contributed by atoms with van der Waals surface area (Å²) in [5.74, 6) is -3.86. The van der Waals surface area contributed by atoms with Crippen LogP contribution in [0.3, 0.4) is 0 Å². The zero-order chi connectivity index (χ0) is 44.9. The van der Waals surface area contributed by atoms with E-state index in [1.807, 2.05) is 30.3 Å². The van der Waals surface area contributed by atoms with Crippen molar-refractivity contribution in [2.45, 2.75) is 76.5 Å². The largest absolute Gasteiger partial charge is 0.507 e. The minimum atomic E-state index is -1.27. The van der Waals surface area contributed by atoms with Crippen LogP contribution in [-0.2, 0) is 25.6 Å². The predicted octanol–water partition coefficient (Wildman–Crippen LogP) is 6.10. The highest BCUT2D eigenvalue weighted by atomic mass is 35.5. The number of hydrogen-bond donors (Lipinski definition) is 5. The highest BCUT2D eigenvalue weighted by molar-refractivity contribution is 6.30.